The van der Waals surface area contributed by atoms with Gasteiger partial charge in [-0.2, -0.15) is 4.98 Å². The minimum Gasteiger partial charge on any atom is -0.497 e. The molecule has 1 aliphatic rings. The van der Waals surface area contributed by atoms with Gasteiger partial charge >= 0.3 is 0 Å². The van der Waals surface area contributed by atoms with E-state index in [1.54, 1.807) is 23.6 Å². The summed E-state index contributed by atoms with van der Waals surface area (Å²) in [6.07, 6.45) is 0. The average molecular weight is 498 g/mol. The second kappa shape index (κ2) is 10.3. The van der Waals surface area contributed by atoms with Gasteiger partial charge in [-0.1, -0.05) is 66.4 Å². The molecule has 182 valence electrons. The van der Waals surface area contributed by atoms with Crippen LogP contribution in [0.15, 0.2) is 95.3 Å². The maximum atomic E-state index is 13.5. The number of amides is 1. The molecule has 4 aromatic rings. The second-order valence-corrected chi connectivity index (χ2v) is 9.48. The van der Waals surface area contributed by atoms with Crippen molar-refractivity contribution in [1.29, 1.82) is 0 Å². The van der Waals surface area contributed by atoms with Crippen molar-refractivity contribution in [2.45, 2.75) is 30.8 Å². The maximum absolute atomic E-state index is 13.5. The van der Waals surface area contributed by atoms with Crippen LogP contribution in [0, 0.1) is 6.92 Å². The fourth-order valence-electron chi connectivity index (χ4n) is 4.22. The number of ether oxygens (including phenoxy) is 1. The van der Waals surface area contributed by atoms with E-state index < -0.39 is 6.04 Å². The van der Waals surface area contributed by atoms with Gasteiger partial charge in [0.15, 0.2) is 0 Å². The third kappa shape index (κ3) is 4.85. The molecule has 1 amide bonds. The van der Waals surface area contributed by atoms with Gasteiger partial charge in [0.05, 0.1) is 12.7 Å². The van der Waals surface area contributed by atoms with E-state index in [1.165, 1.54) is 11.1 Å². The highest BCUT2D eigenvalue weighted by atomic mass is 32.2. The van der Waals surface area contributed by atoms with Crippen LogP contribution in [-0.4, -0.2) is 27.8 Å². The molecule has 1 aromatic heterocycles. The van der Waals surface area contributed by atoms with Crippen molar-refractivity contribution < 1.29 is 9.53 Å². The summed E-state index contributed by atoms with van der Waals surface area (Å²) in [4.78, 5) is 18.3. The molecule has 0 aliphatic carbocycles. The van der Waals surface area contributed by atoms with Gasteiger partial charge in [-0.05, 0) is 54.8 Å². The summed E-state index contributed by atoms with van der Waals surface area (Å²) in [6.45, 7) is 4.00. The summed E-state index contributed by atoms with van der Waals surface area (Å²) >= 11 is 1.58. The van der Waals surface area contributed by atoms with E-state index >= 15 is 0 Å². The number of fused-ring (bicyclic) bond motifs is 1. The van der Waals surface area contributed by atoms with Gasteiger partial charge in [0.1, 0.15) is 11.8 Å². The summed E-state index contributed by atoms with van der Waals surface area (Å²) in [5.41, 5.74) is 5.44. The first kappa shape index (κ1) is 23.7. The van der Waals surface area contributed by atoms with Gasteiger partial charge in [0.25, 0.3) is 5.91 Å². The van der Waals surface area contributed by atoms with E-state index in [-0.39, 0.29) is 5.91 Å². The molecule has 1 atom stereocenters. The number of nitrogens with one attached hydrogen (secondary N) is 2. The largest absolute Gasteiger partial charge is 0.497 e. The predicted molar refractivity (Wildman–Crippen MR) is 143 cm³/mol. The lowest BCUT2D eigenvalue weighted by Crippen LogP contribution is -2.31. The van der Waals surface area contributed by atoms with Gasteiger partial charge in [-0.3, -0.25) is 4.79 Å². The smallest absolute Gasteiger partial charge is 0.255 e. The van der Waals surface area contributed by atoms with Crippen LogP contribution >= 0.6 is 11.8 Å². The lowest BCUT2D eigenvalue weighted by Gasteiger charge is -2.28. The molecule has 0 unspecified atom stereocenters. The number of nitrogens with zero attached hydrogens (tertiary/aromatic N) is 3. The highest BCUT2D eigenvalue weighted by Crippen LogP contribution is 2.37. The Kier molecular flexibility index (Phi) is 6.77. The molecule has 0 radical (unpaired) electrons. The molecule has 5 rings (SSSR count). The SMILES string of the molecule is COc1ccc([C@H]2C(C(=O)Nc3ccccc3)=C(C)Nc3nc(SCc4ccccc4C)nn32)cc1. The van der Waals surface area contributed by atoms with Crippen molar-refractivity contribution in [3.05, 3.63) is 107 Å². The number of para-hydroxylation sites is 1. The molecule has 7 nitrogen and oxygen atoms in total. The minimum absolute atomic E-state index is 0.192. The number of carbonyl (C=O) groups is 1. The van der Waals surface area contributed by atoms with Gasteiger partial charge in [-0.25, -0.2) is 4.68 Å². The number of benzene rings is 3. The summed E-state index contributed by atoms with van der Waals surface area (Å²) < 4.78 is 7.15. The number of carbonyl (C=O) groups excluding carboxylic acids is 1. The van der Waals surface area contributed by atoms with E-state index in [9.17, 15) is 4.79 Å². The molecule has 36 heavy (non-hydrogen) atoms. The van der Waals surface area contributed by atoms with Gasteiger partial charge in [0.2, 0.25) is 11.1 Å². The Morgan fingerprint density at radius 2 is 1.75 bits per heavy atom. The molecule has 2 N–H and O–H groups in total. The lowest BCUT2D eigenvalue weighted by atomic mass is 9.95. The number of methoxy groups -OCH3 is 1. The van der Waals surface area contributed by atoms with Crippen LogP contribution in [-0.2, 0) is 10.5 Å². The Bertz CT molecular complexity index is 1410. The first-order chi connectivity index (χ1) is 17.5. The van der Waals surface area contributed by atoms with Crippen LogP contribution in [0.5, 0.6) is 5.75 Å². The molecular weight excluding hydrogens is 470 g/mol. The molecular formula is C28H27N5O2S. The van der Waals surface area contributed by atoms with Crippen LogP contribution in [0.3, 0.4) is 0 Å². The Morgan fingerprint density at radius 3 is 2.47 bits per heavy atom. The van der Waals surface area contributed by atoms with E-state index in [4.69, 9.17) is 14.8 Å². The van der Waals surface area contributed by atoms with Crippen molar-refractivity contribution in [2.75, 3.05) is 17.7 Å². The zero-order valence-corrected chi connectivity index (χ0v) is 21.2. The summed E-state index contributed by atoms with van der Waals surface area (Å²) in [7, 11) is 1.63. The predicted octanol–water partition coefficient (Wildman–Crippen LogP) is 5.82. The van der Waals surface area contributed by atoms with Gasteiger partial charge in [0, 0.05) is 17.1 Å². The zero-order chi connectivity index (χ0) is 25.1. The molecule has 0 saturated carbocycles. The normalized spacial score (nSPS) is 14.7. The third-order valence-corrected chi connectivity index (χ3v) is 7.05. The summed E-state index contributed by atoms with van der Waals surface area (Å²) in [5, 5.41) is 11.8. The second-order valence-electron chi connectivity index (χ2n) is 8.54. The molecule has 0 spiro atoms. The molecule has 0 saturated heterocycles. The number of aromatic nitrogens is 3. The van der Waals surface area contributed by atoms with Gasteiger partial charge < -0.3 is 15.4 Å². The number of hydrogen-bond donors (Lipinski definition) is 2. The quantitative estimate of drug-likeness (QED) is 0.314. The van der Waals surface area contributed by atoms with E-state index in [2.05, 4.69) is 29.7 Å². The summed E-state index contributed by atoms with van der Waals surface area (Å²) in [5.74, 6) is 1.92. The monoisotopic (exact) mass is 497 g/mol. The Hall–Kier alpha value is -4.04. The first-order valence-corrected chi connectivity index (χ1v) is 12.6. The Morgan fingerprint density at radius 1 is 1.03 bits per heavy atom. The highest BCUT2D eigenvalue weighted by molar-refractivity contribution is 7.98. The standard InChI is InChI=1S/C28H27N5O2S/c1-18-9-7-8-10-21(18)17-36-28-31-27-29-19(2)24(26(34)30-22-11-5-4-6-12-22)25(33(27)32-28)20-13-15-23(35-3)16-14-20/h4-16,25H,17H2,1-3H3,(H,30,34)(H,29,31,32)/t25-/m0/s1. The maximum Gasteiger partial charge on any atom is 0.255 e. The van der Waals surface area contributed by atoms with Crippen LogP contribution < -0.4 is 15.4 Å². The molecule has 3 aromatic carbocycles. The van der Waals surface area contributed by atoms with Crippen LogP contribution in [0.4, 0.5) is 11.6 Å². The van der Waals surface area contributed by atoms with E-state index in [0.717, 1.165) is 28.5 Å². The topological polar surface area (TPSA) is 81.1 Å². The van der Waals surface area contributed by atoms with Crippen molar-refractivity contribution in [1.82, 2.24) is 14.8 Å². The fraction of sp³-hybridized carbons (Fsp3) is 0.179. The van der Waals surface area contributed by atoms with Crippen molar-refractivity contribution in [3.8, 4) is 5.75 Å². The Labute approximate surface area is 214 Å². The van der Waals surface area contributed by atoms with E-state index in [0.29, 0.717) is 16.7 Å². The van der Waals surface area contributed by atoms with Crippen LogP contribution in [0.1, 0.15) is 29.7 Å². The molecule has 8 heteroatoms. The van der Waals surface area contributed by atoms with Crippen molar-refractivity contribution in [2.24, 2.45) is 0 Å². The number of anilines is 2. The molecule has 2 heterocycles. The number of allylic oxidation sites excluding steroid dienone is 1. The van der Waals surface area contributed by atoms with Crippen molar-refractivity contribution in [3.63, 3.8) is 0 Å². The van der Waals surface area contributed by atoms with Crippen LogP contribution in [0.2, 0.25) is 0 Å². The zero-order valence-electron chi connectivity index (χ0n) is 20.4. The Balaban J connectivity index is 1.49. The lowest BCUT2D eigenvalue weighted by molar-refractivity contribution is -0.113. The summed E-state index contributed by atoms with van der Waals surface area (Å²) in [6, 6.07) is 25.0. The minimum atomic E-state index is -0.448. The van der Waals surface area contributed by atoms with E-state index in [1.807, 2.05) is 73.7 Å². The van der Waals surface area contributed by atoms with Crippen molar-refractivity contribution >= 4 is 29.3 Å². The molecule has 1 aliphatic heterocycles. The van der Waals surface area contributed by atoms with Crippen LogP contribution in [0.25, 0.3) is 0 Å². The third-order valence-electron chi connectivity index (χ3n) is 6.16. The number of rotatable bonds is 7. The first-order valence-electron chi connectivity index (χ1n) is 11.7. The van der Waals surface area contributed by atoms with Gasteiger partial charge in [-0.15, -0.1) is 5.10 Å². The number of hydrogen-bond acceptors (Lipinski definition) is 6. The number of thioether (sulfide) groups is 1. The fourth-order valence-corrected chi connectivity index (χ4v) is 5.12. The number of aryl methyl sites for hydroxylation is 1. The average Bonchev–Trinajstić information content (AvgIpc) is 3.30. The molecule has 0 bridgehead atoms. The highest BCUT2D eigenvalue weighted by Gasteiger charge is 2.34. The molecule has 0 fully saturated rings.